The molecule has 1 aliphatic carbocycles. The van der Waals surface area contributed by atoms with Crippen molar-refractivity contribution < 1.29 is 13.2 Å². The quantitative estimate of drug-likeness (QED) is 0.504. The first kappa shape index (κ1) is 20.3. The van der Waals surface area contributed by atoms with Crippen LogP contribution in [0.4, 0.5) is 5.00 Å². The zero-order valence-corrected chi connectivity index (χ0v) is 19.1. The van der Waals surface area contributed by atoms with Gasteiger partial charge in [0.05, 0.1) is 4.90 Å². The fraction of sp³-hybridized carbons (Fsp3) is 0.227. The lowest BCUT2D eigenvalue weighted by Crippen LogP contribution is -2.14. The Bertz CT molecular complexity index is 1160. The Kier molecular flexibility index (Phi) is 5.64. The van der Waals surface area contributed by atoms with E-state index in [-0.39, 0.29) is 15.7 Å². The summed E-state index contributed by atoms with van der Waals surface area (Å²) in [5, 5.41) is 3.30. The van der Waals surface area contributed by atoms with Crippen LogP contribution >= 0.6 is 27.3 Å². The molecule has 0 fully saturated rings. The number of carbonyl (C=O) groups is 1. The maximum atomic E-state index is 13.5. The van der Waals surface area contributed by atoms with E-state index in [0.29, 0.717) is 10.6 Å². The lowest BCUT2D eigenvalue weighted by Gasteiger charge is -2.14. The molecule has 0 saturated heterocycles. The molecule has 0 bridgehead atoms. The molecule has 0 radical (unpaired) electrons. The molecule has 0 unspecified atom stereocenters. The highest BCUT2D eigenvalue weighted by molar-refractivity contribution is 9.10. The van der Waals surface area contributed by atoms with Crippen molar-refractivity contribution in [2.45, 2.75) is 42.4 Å². The highest BCUT2D eigenvalue weighted by Crippen LogP contribution is 2.43. The summed E-state index contributed by atoms with van der Waals surface area (Å²) in [5.41, 5.74) is 2.35. The van der Waals surface area contributed by atoms with E-state index in [2.05, 4.69) is 21.2 Å². The van der Waals surface area contributed by atoms with Gasteiger partial charge in [0.2, 0.25) is 9.84 Å². The number of amides is 1. The van der Waals surface area contributed by atoms with Gasteiger partial charge in [0.25, 0.3) is 5.91 Å². The third kappa shape index (κ3) is 4.04. The summed E-state index contributed by atoms with van der Waals surface area (Å²) in [5.74, 6) is -0.309. The van der Waals surface area contributed by atoms with Gasteiger partial charge in [-0.1, -0.05) is 33.6 Å². The Morgan fingerprint density at radius 3 is 2.34 bits per heavy atom. The average molecular weight is 490 g/mol. The van der Waals surface area contributed by atoms with Gasteiger partial charge < -0.3 is 5.32 Å². The van der Waals surface area contributed by atoms with E-state index >= 15 is 0 Å². The highest BCUT2D eigenvalue weighted by Gasteiger charge is 2.31. The first-order chi connectivity index (χ1) is 13.9. The molecular weight excluding hydrogens is 470 g/mol. The second-order valence-electron chi connectivity index (χ2n) is 7.15. The number of halogens is 1. The standard InChI is InChI=1S/C22H20BrNO3S2/c1-14-6-12-17(13-7-14)29(26,27)20-18-4-2-3-5-19(18)28-22(20)24-21(25)15-8-10-16(23)11-9-15/h6-13H,2-5H2,1H3,(H,24,25). The summed E-state index contributed by atoms with van der Waals surface area (Å²) < 4.78 is 27.9. The van der Waals surface area contributed by atoms with E-state index in [4.69, 9.17) is 0 Å². The van der Waals surface area contributed by atoms with Crippen LogP contribution < -0.4 is 5.32 Å². The van der Waals surface area contributed by atoms with Gasteiger partial charge in [0, 0.05) is 14.9 Å². The van der Waals surface area contributed by atoms with E-state index in [1.807, 2.05) is 6.92 Å². The number of hydrogen-bond donors (Lipinski definition) is 1. The summed E-state index contributed by atoms with van der Waals surface area (Å²) in [6, 6.07) is 13.9. The molecule has 0 aliphatic heterocycles. The number of carbonyl (C=O) groups excluding carboxylic acids is 1. The molecule has 1 heterocycles. The van der Waals surface area contributed by atoms with Crippen LogP contribution in [0.2, 0.25) is 0 Å². The lowest BCUT2D eigenvalue weighted by atomic mass is 9.99. The molecule has 1 amide bonds. The third-order valence-corrected chi connectivity index (χ3v) is 8.80. The molecule has 0 spiro atoms. The second kappa shape index (κ2) is 8.05. The Labute approximate surface area is 183 Å². The number of rotatable bonds is 4. The van der Waals surface area contributed by atoms with E-state index in [1.54, 1.807) is 48.5 Å². The minimum absolute atomic E-state index is 0.258. The van der Waals surface area contributed by atoms with Gasteiger partial charge in [-0.15, -0.1) is 11.3 Å². The highest BCUT2D eigenvalue weighted by atomic mass is 79.9. The van der Waals surface area contributed by atoms with Gasteiger partial charge in [0.15, 0.2) is 0 Å². The van der Waals surface area contributed by atoms with Crippen molar-refractivity contribution in [1.29, 1.82) is 0 Å². The molecule has 0 saturated carbocycles. The summed E-state index contributed by atoms with van der Waals surface area (Å²) >= 11 is 4.75. The molecule has 150 valence electrons. The van der Waals surface area contributed by atoms with Crippen LogP contribution in [0.5, 0.6) is 0 Å². The first-order valence-electron chi connectivity index (χ1n) is 9.39. The molecule has 4 rings (SSSR count). The van der Waals surface area contributed by atoms with E-state index in [1.165, 1.54) is 11.3 Å². The molecule has 7 heteroatoms. The minimum atomic E-state index is -3.73. The first-order valence-corrected chi connectivity index (χ1v) is 12.5. The van der Waals surface area contributed by atoms with Crippen LogP contribution in [0.1, 0.15) is 39.2 Å². The van der Waals surface area contributed by atoms with Crippen molar-refractivity contribution in [3.63, 3.8) is 0 Å². The number of benzene rings is 2. The smallest absolute Gasteiger partial charge is 0.256 e. The molecule has 4 nitrogen and oxygen atoms in total. The average Bonchev–Trinajstić information content (AvgIpc) is 3.07. The van der Waals surface area contributed by atoms with Crippen LogP contribution in [0.3, 0.4) is 0 Å². The second-order valence-corrected chi connectivity index (χ2v) is 11.1. The van der Waals surface area contributed by atoms with Gasteiger partial charge in [-0.25, -0.2) is 8.42 Å². The molecule has 1 aromatic heterocycles. The molecule has 1 aliphatic rings. The Morgan fingerprint density at radius 2 is 1.66 bits per heavy atom. The predicted octanol–water partition coefficient (Wildman–Crippen LogP) is 5.78. The lowest BCUT2D eigenvalue weighted by molar-refractivity contribution is 0.102. The normalized spacial score (nSPS) is 13.7. The number of anilines is 1. The molecule has 3 aromatic rings. The minimum Gasteiger partial charge on any atom is -0.312 e. The number of aryl methyl sites for hydroxylation is 2. The Balaban J connectivity index is 1.78. The van der Waals surface area contributed by atoms with Crippen LogP contribution in [0, 0.1) is 6.92 Å². The van der Waals surface area contributed by atoms with Gasteiger partial charge in [-0.3, -0.25) is 4.79 Å². The molecule has 29 heavy (non-hydrogen) atoms. The van der Waals surface area contributed by atoms with Crippen molar-refractivity contribution in [2.75, 3.05) is 5.32 Å². The van der Waals surface area contributed by atoms with Crippen LogP contribution in [0.15, 0.2) is 62.8 Å². The summed E-state index contributed by atoms with van der Waals surface area (Å²) in [6.07, 6.45) is 3.57. The number of fused-ring (bicyclic) bond motifs is 1. The maximum absolute atomic E-state index is 13.5. The number of sulfone groups is 1. The zero-order valence-electron chi connectivity index (χ0n) is 15.9. The number of thiophene rings is 1. The fourth-order valence-electron chi connectivity index (χ4n) is 3.52. The summed E-state index contributed by atoms with van der Waals surface area (Å²) in [4.78, 5) is 14.4. The predicted molar refractivity (Wildman–Crippen MR) is 120 cm³/mol. The zero-order chi connectivity index (χ0) is 20.6. The van der Waals surface area contributed by atoms with Crippen molar-refractivity contribution in [3.05, 3.63) is 74.6 Å². The van der Waals surface area contributed by atoms with Crippen molar-refractivity contribution in [2.24, 2.45) is 0 Å². The van der Waals surface area contributed by atoms with Crippen LogP contribution in [-0.2, 0) is 22.7 Å². The van der Waals surface area contributed by atoms with E-state index in [9.17, 15) is 13.2 Å². The fourth-order valence-corrected chi connectivity index (χ4v) is 7.05. The Morgan fingerprint density at radius 1 is 1.00 bits per heavy atom. The van der Waals surface area contributed by atoms with Crippen LogP contribution in [0.25, 0.3) is 0 Å². The number of nitrogens with one attached hydrogen (secondary N) is 1. The third-order valence-electron chi connectivity index (χ3n) is 5.06. The summed E-state index contributed by atoms with van der Waals surface area (Å²) in [6.45, 7) is 1.92. The molecular formula is C22H20BrNO3S2. The van der Waals surface area contributed by atoms with Crippen molar-refractivity contribution in [3.8, 4) is 0 Å². The maximum Gasteiger partial charge on any atom is 0.256 e. The van der Waals surface area contributed by atoms with Crippen molar-refractivity contribution in [1.82, 2.24) is 0 Å². The monoisotopic (exact) mass is 489 g/mol. The molecule has 0 atom stereocenters. The SMILES string of the molecule is Cc1ccc(S(=O)(=O)c2c(NC(=O)c3ccc(Br)cc3)sc3c2CCCC3)cc1. The molecule has 1 N–H and O–H groups in total. The van der Waals surface area contributed by atoms with Gasteiger partial charge in [-0.05, 0) is 74.6 Å². The summed E-state index contributed by atoms with van der Waals surface area (Å²) in [7, 11) is -3.73. The topological polar surface area (TPSA) is 63.2 Å². The van der Waals surface area contributed by atoms with Gasteiger partial charge in [-0.2, -0.15) is 0 Å². The van der Waals surface area contributed by atoms with Gasteiger partial charge in [0.1, 0.15) is 9.90 Å². The van der Waals surface area contributed by atoms with Crippen molar-refractivity contribution >= 4 is 48.0 Å². The molecule has 2 aromatic carbocycles. The Hall–Kier alpha value is -1.96. The largest absolute Gasteiger partial charge is 0.312 e. The van der Waals surface area contributed by atoms with Gasteiger partial charge >= 0.3 is 0 Å². The van der Waals surface area contributed by atoms with E-state index in [0.717, 1.165) is 46.2 Å². The van der Waals surface area contributed by atoms with E-state index < -0.39 is 9.84 Å². The number of hydrogen-bond acceptors (Lipinski definition) is 4. The van der Waals surface area contributed by atoms with Crippen LogP contribution in [-0.4, -0.2) is 14.3 Å².